The molecule has 1 heterocycles. The van der Waals surface area contributed by atoms with Gasteiger partial charge in [0.25, 0.3) is 0 Å². The first-order chi connectivity index (χ1) is 19.9. The minimum absolute atomic E-state index is 0.00804. The molecule has 1 atom stereocenters. The van der Waals surface area contributed by atoms with Gasteiger partial charge in [-0.1, -0.05) is 0 Å². The van der Waals surface area contributed by atoms with Crippen LogP contribution in [-0.4, -0.2) is 74.3 Å². The molecule has 0 aliphatic heterocycles. The van der Waals surface area contributed by atoms with E-state index in [-0.39, 0.29) is 23.0 Å². The van der Waals surface area contributed by atoms with Crippen molar-refractivity contribution in [3.05, 3.63) is 51.9 Å². The zero-order chi connectivity index (χ0) is 31.8. The van der Waals surface area contributed by atoms with Gasteiger partial charge in [-0.15, -0.1) is 0 Å². The number of esters is 1. The highest BCUT2D eigenvalue weighted by Crippen LogP contribution is 2.33. The summed E-state index contributed by atoms with van der Waals surface area (Å²) < 4.78 is 30.2. The number of phenolic OH excluding ortho intramolecular Hbond substituents is 3. The molecule has 0 amide bonds. The maximum atomic E-state index is 11.6. The normalized spacial score (nSPS) is 10.9. The van der Waals surface area contributed by atoms with E-state index in [1.54, 1.807) is 35.0 Å². The smallest absolute Gasteiger partial charge is 0.339 e. The van der Waals surface area contributed by atoms with Crippen molar-refractivity contribution in [3.8, 4) is 28.7 Å². The first kappa shape index (κ1) is 35.7. The molecule has 3 aromatic rings. The number of ether oxygens (including phenoxy) is 5. The summed E-state index contributed by atoms with van der Waals surface area (Å²) in [6.45, 7) is 10.1. The Morgan fingerprint density at radius 2 is 1.38 bits per heavy atom. The number of benzene rings is 2. The first-order valence-electron chi connectivity index (χ1n) is 13.1. The van der Waals surface area contributed by atoms with Gasteiger partial charge in [0, 0.05) is 50.1 Å². The Hall–Kier alpha value is -4.29. The Balaban J connectivity index is 0.000000336. The van der Waals surface area contributed by atoms with Gasteiger partial charge in [0.2, 0.25) is 0 Å². The zero-order valence-corrected chi connectivity index (χ0v) is 25.0. The Morgan fingerprint density at radius 1 is 0.833 bits per heavy atom. The number of fused-ring (bicyclic) bond motifs is 1. The highest BCUT2D eigenvalue weighted by molar-refractivity contribution is 5.97. The fourth-order valence-corrected chi connectivity index (χ4v) is 3.22. The summed E-state index contributed by atoms with van der Waals surface area (Å²) in [5.74, 6) is -0.342. The lowest BCUT2D eigenvalue weighted by molar-refractivity contribution is -0.150. The topological polar surface area (TPSA) is 171 Å². The van der Waals surface area contributed by atoms with E-state index in [0.717, 1.165) is 5.56 Å². The summed E-state index contributed by atoms with van der Waals surface area (Å²) in [6.07, 6.45) is 0. The van der Waals surface area contributed by atoms with E-state index >= 15 is 0 Å². The van der Waals surface area contributed by atoms with Crippen LogP contribution in [0.4, 0.5) is 0 Å². The highest BCUT2D eigenvalue weighted by Gasteiger charge is 2.18. The van der Waals surface area contributed by atoms with E-state index < -0.39 is 17.5 Å². The van der Waals surface area contributed by atoms with E-state index in [4.69, 9.17) is 33.6 Å². The van der Waals surface area contributed by atoms with Gasteiger partial charge in [-0.3, -0.25) is 9.59 Å². The summed E-state index contributed by atoms with van der Waals surface area (Å²) in [7, 11) is 3.15. The number of aryl methyl sites for hydroxylation is 1. The van der Waals surface area contributed by atoms with Crippen molar-refractivity contribution < 1.29 is 53.0 Å². The number of Topliss-reactive ketones (excluding diaryl/α,β-unsaturated/α-hetero) is 1. The molecule has 1 aromatic heterocycles. The van der Waals surface area contributed by atoms with Gasteiger partial charge in [0.05, 0.1) is 25.2 Å². The van der Waals surface area contributed by atoms with Crippen LogP contribution in [0.1, 0.15) is 31.9 Å². The van der Waals surface area contributed by atoms with Crippen molar-refractivity contribution in [1.29, 1.82) is 0 Å². The Labute approximate surface area is 244 Å². The van der Waals surface area contributed by atoms with E-state index in [1.807, 2.05) is 6.92 Å². The van der Waals surface area contributed by atoms with E-state index in [9.17, 15) is 19.5 Å². The molecule has 3 rings (SSSR count). The van der Waals surface area contributed by atoms with Crippen molar-refractivity contribution >= 4 is 22.7 Å². The lowest BCUT2D eigenvalue weighted by Gasteiger charge is -2.12. The zero-order valence-electron chi connectivity index (χ0n) is 25.0. The van der Waals surface area contributed by atoms with Gasteiger partial charge < -0.3 is 43.4 Å². The number of methoxy groups -OCH3 is 2. The lowest BCUT2D eigenvalue weighted by atomic mass is 10.1. The molecular weight excluding hydrogens is 552 g/mol. The molecule has 1 unspecified atom stereocenters. The maximum Gasteiger partial charge on any atom is 0.339 e. The molecule has 0 aliphatic rings. The van der Waals surface area contributed by atoms with Crippen molar-refractivity contribution in [2.24, 2.45) is 5.92 Å². The average molecular weight is 593 g/mol. The lowest BCUT2D eigenvalue weighted by Crippen LogP contribution is -2.20. The second kappa shape index (κ2) is 18.2. The van der Waals surface area contributed by atoms with Crippen LogP contribution in [0.3, 0.4) is 0 Å². The molecule has 12 heteroatoms. The molecule has 12 nitrogen and oxygen atoms in total. The second-order valence-corrected chi connectivity index (χ2v) is 8.91. The summed E-state index contributed by atoms with van der Waals surface area (Å²) in [5, 5.41) is 28.5. The van der Waals surface area contributed by atoms with Gasteiger partial charge in [-0.25, -0.2) is 4.79 Å². The van der Waals surface area contributed by atoms with Crippen LogP contribution >= 0.6 is 0 Å². The van der Waals surface area contributed by atoms with Crippen molar-refractivity contribution in [2.75, 3.05) is 47.3 Å². The third kappa shape index (κ3) is 11.7. The van der Waals surface area contributed by atoms with Gasteiger partial charge in [-0.2, -0.15) is 0 Å². The maximum absolute atomic E-state index is 11.6. The van der Waals surface area contributed by atoms with Gasteiger partial charge in [-0.05, 0) is 40.2 Å². The summed E-state index contributed by atoms with van der Waals surface area (Å²) in [4.78, 5) is 32.9. The molecular formula is C30H40O12. The molecule has 42 heavy (non-hydrogen) atoms. The molecule has 2 aromatic carbocycles. The molecule has 0 fully saturated rings. The largest absolute Gasteiger partial charge is 0.508 e. The van der Waals surface area contributed by atoms with Crippen LogP contribution in [0.15, 0.2) is 39.5 Å². The van der Waals surface area contributed by atoms with Gasteiger partial charge in [0.1, 0.15) is 59.2 Å². The van der Waals surface area contributed by atoms with Crippen molar-refractivity contribution in [3.63, 3.8) is 0 Å². The number of phenols is 3. The molecule has 0 bridgehead atoms. The number of hydrogen-bond acceptors (Lipinski definition) is 12. The highest BCUT2D eigenvalue weighted by atomic mass is 16.5. The van der Waals surface area contributed by atoms with Crippen LogP contribution in [-0.2, 0) is 23.8 Å². The molecule has 0 saturated heterocycles. The number of rotatable bonds is 11. The summed E-state index contributed by atoms with van der Waals surface area (Å²) in [5.41, 5.74) is 1.24. The molecule has 0 radical (unpaired) electrons. The molecule has 232 valence electrons. The minimum atomic E-state index is -0.611. The van der Waals surface area contributed by atoms with Crippen LogP contribution in [0, 0.1) is 19.8 Å². The quantitative estimate of drug-likeness (QED) is 0.127. The first-order valence-corrected chi connectivity index (χ1v) is 13.1. The van der Waals surface area contributed by atoms with E-state index in [2.05, 4.69) is 4.74 Å². The molecule has 3 N–H and O–H groups in total. The predicted molar refractivity (Wildman–Crippen MR) is 155 cm³/mol. The number of hydrogen-bond donors (Lipinski definition) is 3. The Bertz CT molecular complexity index is 1340. The fraction of sp³-hybridized carbons (Fsp3) is 0.433. The average Bonchev–Trinajstić information content (AvgIpc) is 2.91. The molecule has 0 saturated carbocycles. The van der Waals surface area contributed by atoms with Gasteiger partial charge >= 0.3 is 11.6 Å². The third-order valence-electron chi connectivity index (χ3n) is 5.72. The standard InChI is InChI=1S/C14H16O5.C9H12O4.C7H12O3/c1-8-9(2)14(16)19-12-7-10(15)6-11(13(8)12)18-5-4-17-3;1-12-2-3-13-9-5-7(10)4-8(11)6-9;1-4-10-7(9)5(2)6(3)8/h6-7,15H,4-5H2,1-3H3;4-6,10-11H,2-3H2,1H3;5H,4H2,1-3H3. The second-order valence-electron chi connectivity index (χ2n) is 8.91. The monoisotopic (exact) mass is 592 g/mol. The fourth-order valence-electron chi connectivity index (χ4n) is 3.22. The number of carbonyl (C=O) groups excluding carboxylic acids is 2. The molecule has 0 spiro atoms. The van der Waals surface area contributed by atoms with E-state index in [0.29, 0.717) is 61.1 Å². The van der Waals surface area contributed by atoms with Crippen molar-refractivity contribution in [1.82, 2.24) is 0 Å². The molecule has 0 aliphatic carbocycles. The summed E-state index contributed by atoms with van der Waals surface area (Å²) in [6, 6.07) is 7.00. The van der Waals surface area contributed by atoms with E-state index in [1.165, 1.54) is 37.3 Å². The number of carbonyl (C=O) groups is 2. The predicted octanol–water partition coefficient (Wildman–Crippen LogP) is 4.04. The van der Waals surface area contributed by atoms with Crippen LogP contribution < -0.4 is 15.1 Å². The van der Waals surface area contributed by atoms with Crippen LogP contribution in [0.25, 0.3) is 11.0 Å². The third-order valence-corrected chi connectivity index (χ3v) is 5.72. The Morgan fingerprint density at radius 3 is 1.90 bits per heavy atom. The minimum Gasteiger partial charge on any atom is -0.508 e. The SMILES string of the molecule is CCOC(=O)C(C)C(C)=O.COCCOc1cc(O)cc(O)c1.COCCOc1cc(O)cc2oc(=O)c(C)c(C)c12. The van der Waals surface area contributed by atoms with Crippen molar-refractivity contribution in [2.45, 2.75) is 34.6 Å². The Kier molecular flexibility index (Phi) is 15.5. The number of ketones is 1. The summed E-state index contributed by atoms with van der Waals surface area (Å²) >= 11 is 0. The van der Waals surface area contributed by atoms with Crippen LogP contribution in [0.2, 0.25) is 0 Å². The van der Waals surface area contributed by atoms with Crippen LogP contribution in [0.5, 0.6) is 28.7 Å². The van der Waals surface area contributed by atoms with Gasteiger partial charge in [0.15, 0.2) is 0 Å². The number of aromatic hydroxyl groups is 3.